The highest BCUT2D eigenvalue weighted by molar-refractivity contribution is 8.00. The van der Waals surface area contributed by atoms with Crippen LogP contribution >= 0.6 is 46.2 Å². The molecule has 0 radical (unpaired) electrons. The standard InChI is InChI=1S/C25H28N4S4/c1-14-4-6-16-18(10-14)32-24-20(16)22(26-12-28-24)30-8-3-9-31-23-21-17-7-5-15(2)11-19(17)33-25(21)29-13-27-23/h12-15H,3-11H2,1-2H3. The molecule has 172 valence electrons. The van der Waals surface area contributed by atoms with Crippen molar-refractivity contribution in [3.8, 4) is 0 Å². The van der Waals surface area contributed by atoms with Crippen molar-refractivity contribution in [2.45, 2.75) is 68.8 Å². The maximum Gasteiger partial charge on any atom is 0.128 e. The average Bonchev–Trinajstić information content (AvgIpc) is 3.36. The third kappa shape index (κ3) is 4.32. The zero-order valence-electron chi connectivity index (χ0n) is 19.1. The zero-order chi connectivity index (χ0) is 22.4. The normalized spacial score (nSPS) is 20.3. The highest BCUT2D eigenvalue weighted by atomic mass is 32.2. The van der Waals surface area contributed by atoms with Gasteiger partial charge in [-0.05, 0) is 67.9 Å². The van der Waals surface area contributed by atoms with Crippen molar-refractivity contribution in [1.82, 2.24) is 19.9 Å². The molecule has 4 aromatic heterocycles. The summed E-state index contributed by atoms with van der Waals surface area (Å²) >= 11 is 7.59. The fourth-order valence-corrected chi connectivity index (χ4v) is 10.1. The number of aryl methyl sites for hydroxylation is 2. The van der Waals surface area contributed by atoms with Gasteiger partial charge in [0.2, 0.25) is 0 Å². The number of aromatic nitrogens is 4. The lowest BCUT2D eigenvalue weighted by molar-refractivity contribution is 0.509. The smallest absolute Gasteiger partial charge is 0.128 e. The van der Waals surface area contributed by atoms with Crippen molar-refractivity contribution in [1.29, 1.82) is 0 Å². The summed E-state index contributed by atoms with van der Waals surface area (Å²) in [6.45, 7) is 4.73. The number of nitrogens with zero attached hydrogens (tertiary/aromatic N) is 4. The Labute approximate surface area is 211 Å². The Morgan fingerprint density at radius 1 is 0.758 bits per heavy atom. The number of thioether (sulfide) groups is 2. The van der Waals surface area contributed by atoms with Crippen LogP contribution in [-0.2, 0) is 25.7 Å². The molecule has 0 saturated carbocycles. The monoisotopic (exact) mass is 512 g/mol. The lowest BCUT2D eigenvalue weighted by atomic mass is 9.89. The van der Waals surface area contributed by atoms with Crippen molar-refractivity contribution >= 4 is 66.6 Å². The van der Waals surface area contributed by atoms with E-state index in [1.54, 1.807) is 22.4 Å². The summed E-state index contributed by atoms with van der Waals surface area (Å²) in [7, 11) is 0. The first-order valence-corrected chi connectivity index (χ1v) is 15.5. The molecule has 4 aromatic rings. The molecule has 0 amide bonds. The van der Waals surface area contributed by atoms with Gasteiger partial charge in [0.1, 0.15) is 32.4 Å². The molecule has 0 spiro atoms. The van der Waals surface area contributed by atoms with E-state index >= 15 is 0 Å². The SMILES string of the molecule is CC1CCc2c(sc3ncnc(SCCCSc4ncnc5sc6c(c45)CCC(C)C6)c23)C1. The second-order valence-corrected chi connectivity index (χ2v) is 13.8. The Morgan fingerprint density at radius 3 is 1.73 bits per heavy atom. The van der Waals surface area contributed by atoms with E-state index in [2.05, 4.69) is 33.8 Å². The van der Waals surface area contributed by atoms with Gasteiger partial charge >= 0.3 is 0 Å². The maximum atomic E-state index is 4.68. The fourth-order valence-electron chi connectivity index (χ4n) is 5.11. The summed E-state index contributed by atoms with van der Waals surface area (Å²) < 4.78 is 0. The van der Waals surface area contributed by atoms with Gasteiger partial charge < -0.3 is 0 Å². The molecular formula is C25H28N4S4. The van der Waals surface area contributed by atoms with Gasteiger partial charge in [0, 0.05) is 32.0 Å². The summed E-state index contributed by atoms with van der Waals surface area (Å²) in [6.07, 6.45) is 12.0. The third-order valence-electron chi connectivity index (χ3n) is 6.88. The van der Waals surface area contributed by atoms with E-state index in [9.17, 15) is 0 Å². The highest BCUT2D eigenvalue weighted by Gasteiger charge is 2.24. The Hall–Kier alpha value is -1.22. The molecule has 0 saturated heterocycles. The van der Waals surface area contributed by atoms with Crippen LogP contribution in [0.15, 0.2) is 22.7 Å². The summed E-state index contributed by atoms with van der Waals surface area (Å²) in [5.41, 5.74) is 3.07. The van der Waals surface area contributed by atoms with Crippen LogP contribution in [0.4, 0.5) is 0 Å². The second kappa shape index (κ2) is 9.44. The highest BCUT2D eigenvalue weighted by Crippen LogP contribution is 2.42. The van der Waals surface area contributed by atoms with Crippen LogP contribution in [0, 0.1) is 11.8 Å². The van der Waals surface area contributed by atoms with Crippen molar-refractivity contribution < 1.29 is 0 Å². The lowest BCUT2D eigenvalue weighted by Gasteiger charge is -2.18. The molecule has 0 bridgehead atoms. The van der Waals surface area contributed by atoms with Crippen molar-refractivity contribution in [3.63, 3.8) is 0 Å². The van der Waals surface area contributed by atoms with Gasteiger partial charge in [-0.25, -0.2) is 19.9 Å². The molecule has 0 aliphatic heterocycles. The molecule has 4 heterocycles. The molecule has 0 aromatic carbocycles. The van der Waals surface area contributed by atoms with E-state index in [1.807, 2.05) is 46.2 Å². The molecule has 2 unspecified atom stereocenters. The minimum atomic E-state index is 0.789. The van der Waals surface area contributed by atoms with Crippen molar-refractivity contribution in [2.24, 2.45) is 11.8 Å². The first-order valence-electron chi connectivity index (χ1n) is 11.9. The lowest BCUT2D eigenvalue weighted by Crippen LogP contribution is -2.08. The Morgan fingerprint density at radius 2 is 1.24 bits per heavy atom. The minimum Gasteiger partial charge on any atom is -0.229 e. The van der Waals surface area contributed by atoms with Gasteiger partial charge in [-0.15, -0.1) is 46.2 Å². The average molecular weight is 513 g/mol. The molecule has 6 rings (SSSR count). The fraction of sp³-hybridized carbons (Fsp3) is 0.520. The van der Waals surface area contributed by atoms with E-state index < -0.39 is 0 Å². The quantitative estimate of drug-likeness (QED) is 0.154. The first kappa shape index (κ1) is 22.3. The van der Waals surface area contributed by atoms with Crippen LogP contribution in [0.5, 0.6) is 0 Å². The van der Waals surface area contributed by atoms with Gasteiger partial charge in [0.25, 0.3) is 0 Å². The molecule has 4 nitrogen and oxygen atoms in total. The van der Waals surface area contributed by atoms with Crippen LogP contribution in [0.25, 0.3) is 20.4 Å². The van der Waals surface area contributed by atoms with Crippen LogP contribution in [0.1, 0.15) is 54.0 Å². The number of hydrogen-bond donors (Lipinski definition) is 0. The van der Waals surface area contributed by atoms with Crippen LogP contribution in [0.2, 0.25) is 0 Å². The zero-order valence-corrected chi connectivity index (χ0v) is 22.4. The molecule has 8 heteroatoms. The maximum absolute atomic E-state index is 4.68. The predicted molar refractivity (Wildman–Crippen MR) is 143 cm³/mol. The van der Waals surface area contributed by atoms with Crippen LogP contribution in [-0.4, -0.2) is 31.4 Å². The largest absolute Gasteiger partial charge is 0.229 e. The van der Waals surface area contributed by atoms with E-state index in [0.717, 1.165) is 29.8 Å². The number of thiophene rings is 2. The summed E-state index contributed by atoms with van der Waals surface area (Å²) in [5.74, 6) is 3.73. The predicted octanol–water partition coefficient (Wildman–Crippen LogP) is 7.22. The molecule has 0 fully saturated rings. The molecule has 2 aliphatic rings. The third-order valence-corrected chi connectivity index (χ3v) is 11.4. The second-order valence-electron chi connectivity index (χ2n) is 9.47. The van der Waals surface area contributed by atoms with Crippen molar-refractivity contribution in [2.75, 3.05) is 11.5 Å². The van der Waals surface area contributed by atoms with E-state index in [-0.39, 0.29) is 0 Å². The van der Waals surface area contributed by atoms with Gasteiger partial charge in [0.05, 0.1) is 0 Å². The molecular weight excluding hydrogens is 485 g/mol. The molecule has 33 heavy (non-hydrogen) atoms. The van der Waals surface area contributed by atoms with E-state index in [0.29, 0.717) is 0 Å². The summed E-state index contributed by atoms with van der Waals surface area (Å²) in [4.78, 5) is 24.0. The van der Waals surface area contributed by atoms with Crippen LogP contribution < -0.4 is 0 Å². The summed E-state index contributed by atoms with van der Waals surface area (Å²) in [6, 6.07) is 0. The Bertz CT molecular complexity index is 1210. The van der Waals surface area contributed by atoms with E-state index in [1.165, 1.54) is 80.1 Å². The number of hydrogen-bond acceptors (Lipinski definition) is 8. The van der Waals surface area contributed by atoms with Gasteiger partial charge in [-0.3, -0.25) is 0 Å². The van der Waals surface area contributed by atoms with Gasteiger partial charge in [-0.1, -0.05) is 13.8 Å². The van der Waals surface area contributed by atoms with Crippen molar-refractivity contribution in [3.05, 3.63) is 33.5 Å². The minimum absolute atomic E-state index is 0.789. The first-order chi connectivity index (χ1) is 16.2. The van der Waals surface area contributed by atoms with Gasteiger partial charge in [-0.2, -0.15) is 0 Å². The number of rotatable bonds is 6. The summed E-state index contributed by atoms with van der Waals surface area (Å²) in [5, 5.41) is 5.06. The molecule has 2 atom stereocenters. The Kier molecular flexibility index (Phi) is 6.37. The number of fused-ring (bicyclic) bond motifs is 6. The topological polar surface area (TPSA) is 51.6 Å². The molecule has 0 N–H and O–H groups in total. The molecule has 2 aliphatic carbocycles. The van der Waals surface area contributed by atoms with Gasteiger partial charge in [0.15, 0.2) is 0 Å². The van der Waals surface area contributed by atoms with Crippen LogP contribution in [0.3, 0.4) is 0 Å². The Balaban J connectivity index is 1.12. The van der Waals surface area contributed by atoms with E-state index in [4.69, 9.17) is 0 Å².